The number of hydrogen-bond acceptors (Lipinski definition) is 3. The van der Waals surface area contributed by atoms with Crippen molar-refractivity contribution < 1.29 is 0 Å². The van der Waals surface area contributed by atoms with Gasteiger partial charge in [-0.2, -0.15) is 5.10 Å². The number of aromatic nitrogens is 2. The fraction of sp³-hybridized carbons (Fsp3) is 0.727. The molecule has 0 amide bonds. The van der Waals surface area contributed by atoms with Crippen LogP contribution in [-0.4, -0.2) is 28.9 Å². The molecule has 0 atom stereocenters. The molecule has 1 aliphatic heterocycles. The third-order valence-electron chi connectivity index (χ3n) is 2.98. The van der Waals surface area contributed by atoms with Crippen LogP contribution in [0.15, 0.2) is 12.4 Å². The minimum atomic E-state index is 0.395. The summed E-state index contributed by atoms with van der Waals surface area (Å²) in [6, 6.07) is 0.395. The van der Waals surface area contributed by atoms with Crippen molar-refractivity contribution in [2.24, 2.45) is 5.73 Å². The minimum Gasteiger partial charge on any atom is -0.369 e. The van der Waals surface area contributed by atoms with Crippen LogP contribution in [0.2, 0.25) is 0 Å². The van der Waals surface area contributed by atoms with Crippen molar-refractivity contribution >= 4 is 5.69 Å². The lowest BCUT2D eigenvalue weighted by Crippen LogP contribution is -2.39. The van der Waals surface area contributed by atoms with Crippen molar-refractivity contribution in [3.63, 3.8) is 0 Å². The van der Waals surface area contributed by atoms with Gasteiger partial charge < -0.3 is 10.6 Å². The van der Waals surface area contributed by atoms with Crippen LogP contribution in [-0.2, 0) is 6.54 Å². The molecule has 84 valence electrons. The van der Waals surface area contributed by atoms with Gasteiger partial charge in [-0.1, -0.05) is 6.92 Å². The van der Waals surface area contributed by atoms with Crippen molar-refractivity contribution in [1.29, 1.82) is 0 Å². The molecule has 0 radical (unpaired) electrons. The molecule has 1 aromatic heterocycles. The summed E-state index contributed by atoms with van der Waals surface area (Å²) in [4.78, 5) is 2.38. The summed E-state index contributed by atoms with van der Waals surface area (Å²) in [5, 5.41) is 4.34. The smallest absolute Gasteiger partial charge is 0.0752 e. The molecular weight excluding hydrogens is 188 g/mol. The van der Waals surface area contributed by atoms with Crippen LogP contribution in [0.4, 0.5) is 5.69 Å². The van der Waals surface area contributed by atoms with Crippen LogP contribution >= 0.6 is 0 Å². The molecule has 0 aliphatic carbocycles. The van der Waals surface area contributed by atoms with Gasteiger partial charge >= 0.3 is 0 Å². The summed E-state index contributed by atoms with van der Waals surface area (Å²) < 4.78 is 2.02. The Morgan fingerprint density at radius 1 is 1.47 bits per heavy atom. The van der Waals surface area contributed by atoms with Gasteiger partial charge in [-0.25, -0.2) is 0 Å². The van der Waals surface area contributed by atoms with E-state index in [0.717, 1.165) is 38.9 Å². The van der Waals surface area contributed by atoms with Crippen LogP contribution in [0, 0.1) is 0 Å². The third kappa shape index (κ3) is 2.50. The van der Waals surface area contributed by atoms with E-state index in [0.29, 0.717) is 6.04 Å². The van der Waals surface area contributed by atoms with Gasteiger partial charge in [0.2, 0.25) is 0 Å². The molecular formula is C11H20N4. The van der Waals surface area contributed by atoms with Gasteiger partial charge in [-0.05, 0) is 19.3 Å². The Balaban J connectivity index is 1.96. The zero-order valence-electron chi connectivity index (χ0n) is 9.39. The van der Waals surface area contributed by atoms with E-state index in [1.807, 2.05) is 10.9 Å². The van der Waals surface area contributed by atoms with E-state index in [1.165, 1.54) is 5.69 Å². The molecule has 4 nitrogen and oxygen atoms in total. The summed E-state index contributed by atoms with van der Waals surface area (Å²) in [6.45, 7) is 5.31. The molecule has 1 aromatic rings. The quantitative estimate of drug-likeness (QED) is 0.812. The van der Waals surface area contributed by atoms with Gasteiger partial charge in [-0.3, -0.25) is 4.68 Å². The Morgan fingerprint density at radius 3 is 2.87 bits per heavy atom. The number of piperidine rings is 1. The molecule has 1 saturated heterocycles. The second-order valence-electron chi connectivity index (χ2n) is 4.29. The zero-order chi connectivity index (χ0) is 10.7. The predicted octanol–water partition coefficient (Wildman–Crippen LogP) is 1.22. The Bertz CT molecular complexity index is 299. The van der Waals surface area contributed by atoms with Gasteiger partial charge in [0.15, 0.2) is 0 Å². The molecule has 1 aliphatic rings. The number of nitrogens with zero attached hydrogens (tertiary/aromatic N) is 3. The maximum atomic E-state index is 5.88. The normalized spacial score (nSPS) is 18.4. The predicted molar refractivity (Wildman–Crippen MR) is 61.9 cm³/mol. The van der Waals surface area contributed by atoms with E-state index >= 15 is 0 Å². The van der Waals surface area contributed by atoms with Gasteiger partial charge in [-0.15, -0.1) is 0 Å². The van der Waals surface area contributed by atoms with Crippen LogP contribution in [0.1, 0.15) is 26.2 Å². The van der Waals surface area contributed by atoms with E-state index < -0.39 is 0 Å². The maximum Gasteiger partial charge on any atom is 0.0752 e. The van der Waals surface area contributed by atoms with Crippen molar-refractivity contribution in [2.45, 2.75) is 38.8 Å². The molecule has 15 heavy (non-hydrogen) atoms. The van der Waals surface area contributed by atoms with Gasteiger partial charge in [0.05, 0.1) is 11.9 Å². The molecule has 1 fully saturated rings. The first-order valence-electron chi connectivity index (χ1n) is 5.82. The van der Waals surface area contributed by atoms with Gasteiger partial charge in [0.25, 0.3) is 0 Å². The van der Waals surface area contributed by atoms with Crippen LogP contribution in [0.5, 0.6) is 0 Å². The number of hydrogen-bond donors (Lipinski definition) is 1. The molecule has 2 N–H and O–H groups in total. The van der Waals surface area contributed by atoms with E-state index in [2.05, 4.69) is 23.1 Å². The highest BCUT2D eigenvalue weighted by Gasteiger charge is 2.17. The first kappa shape index (κ1) is 10.5. The number of nitrogens with two attached hydrogens (primary N) is 1. The van der Waals surface area contributed by atoms with Gasteiger partial charge in [0, 0.05) is 31.9 Å². The van der Waals surface area contributed by atoms with Gasteiger partial charge in [0.1, 0.15) is 0 Å². The highest BCUT2D eigenvalue weighted by atomic mass is 15.3. The molecule has 0 aromatic carbocycles. The molecule has 2 rings (SSSR count). The second kappa shape index (κ2) is 4.66. The summed E-state index contributed by atoms with van der Waals surface area (Å²) in [6.07, 6.45) is 7.43. The third-order valence-corrected chi connectivity index (χ3v) is 2.98. The lowest BCUT2D eigenvalue weighted by molar-refractivity contribution is 0.501. The Hall–Kier alpha value is -1.03. The highest BCUT2D eigenvalue weighted by Crippen LogP contribution is 2.18. The fourth-order valence-corrected chi connectivity index (χ4v) is 2.03. The van der Waals surface area contributed by atoms with E-state index in [1.54, 1.807) is 0 Å². The Labute approximate surface area is 91.1 Å². The maximum absolute atomic E-state index is 5.88. The Kier molecular flexibility index (Phi) is 3.26. The van der Waals surface area contributed by atoms with E-state index in [9.17, 15) is 0 Å². The molecule has 4 heteroatoms. The summed E-state index contributed by atoms with van der Waals surface area (Å²) >= 11 is 0. The molecule has 0 saturated carbocycles. The number of rotatable bonds is 3. The lowest BCUT2D eigenvalue weighted by atomic mass is 10.1. The fourth-order valence-electron chi connectivity index (χ4n) is 2.03. The topological polar surface area (TPSA) is 47.1 Å². The van der Waals surface area contributed by atoms with Crippen LogP contribution < -0.4 is 10.6 Å². The van der Waals surface area contributed by atoms with E-state index in [-0.39, 0.29) is 0 Å². The zero-order valence-corrected chi connectivity index (χ0v) is 9.39. The molecule has 0 spiro atoms. The number of aryl methyl sites for hydroxylation is 1. The van der Waals surface area contributed by atoms with Crippen molar-refractivity contribution in [2.75, 3.05) is 18.0 Å². The average molecular weight is 208 g/mol. The summed E-state index contributed by atoms with van der Waals surface area (Å²) in [7, 11) is 0. The monoisotopic (exact) mass is 208 g/mol. The minimum absolute atomic E-state index is 0.395. The lowest BCUT2D eigenvalue weighted by Gasteiger charge is -2.30. The van der Waals surface area contributed by atoms with Crippen molar-refractivity contribution in [3.8, 4) is 0 Å². The molecule has 0 bridgehead atoms. The molecule has 2 heterocycles. The highest BCUT2D eigenvalue weighted by molar-refractivity contribution is 5.42. The van der Waals surface area contributed by atoms with Crippen molar-refractivity contribution in [1.82, 2.24) is 9.78 Å². The standard InChI is InChI=1S/C11H20N4/c1-2-5-15-9-11(8-13-15)14-6-3-10(12)4-7-14/h8-10H,2-7,12H2,1H3. The first-order valence-corrected chi connectivity index (χ1v) is 5.82. The van der Waals surface area contributed by atoms with Crippen molar-refractivity contribution in [3.05, 3.63) is 12.4 Å². The first-order chi connectivity index (χ1) is 7.29. The molecule has 0 unspecified atom stereocenters. The van der Waals surface area contributed by atoms with E-state index in [4.69, 9.17) is 5.73 Å². The summed E-state index contributed by atoms with van der Waals surface area (Å²) in [5.41, 5.74) is 7.13. The Morgan fingerprint density at radius 2 is 2.20 bits per heavy atom. The van der Waals surface area contributed by atoms with Crippen LogP contribution in [0.25, 0.3) is 0 Å². The average Bonchev–Trinajstić information content (AvgIpc) is 2.68. The SMILES string of the molecule is CCCn1cc(N2CCC(N)CC2)cn1. The van der Waals surface area contributed by atoms with Crippen LogP contribution in [0.3, 0.4) is 0 Å². The summed E-state index contributed by atoms with van der Waals surface area (Å²) in [5.74, 6) is 0. The number of anilines is 1. The second-order valence-corrected chi connectivity index (χ2v) is 4.29. The largest absolute Gasteiger partial charge is 0.369 e.